The lowest BCUT2D eigenvalue weighted by atomic mass is 10.0. The Hall–Kier alpha value is -4.35. The molecule has 1 fully saturated rings. The van der Waals surface area contributed by atoms with Gasteiger partial charge < -0.3 is 15.4 Å². The van der Waals surface area contributed by atoms with Crippen LogP contribution >= 0.6 is 0 Å². The number of ether oxygens (including phenoxy) is 1. The van der Waals surface area contributed by atoms with Crippen molar-refractivity contribution in [3.8, 4) is 23.1 Å². The Bertz CT molecular complexity index is 1340. The Balaban J connectivity index is 0.00000133. The van der Waals surface area contributed by atoms with Gasteiger partial charge in [-0.15, -0.1) is 0 Å². The zero-order valence-electron chi connectivity index (χ0n) is 18.9. The van der Waals surface area contributed by atoms with E-state index in [-0.39, 0.29) is 11.8 Å². The minimum atomic E-state index is -0.393. The molecule has 0 saturated carbocycles. The molecule has 1 aliphatic heterocycles. The highest BCUT2D eigenvalue weighted by molar-refractivity contribution is 6.03. The van der Waals surface area contributed by atoms with Crippen LogP contribution in [0.25, 0.3) is 22.2 Å². The van der Waals surface area contributed by atoms with Gasteiger partial charge in [0.15, 0.2) is 5.65 Å². The van der Waals surface area contributed by atoms with Crippen LogP contribution in [0.15, 0.2) is 66.9 Å². The quantitative estimate of drug-likeness (QED) is 0.467. The Kier molecular flexibility index (Phi) is 7.06. The molecule has 170 valence electrons. The van der Waals surface area contributed by atoms with Gasteiger partial charge in [0.25, 0.3) is 5.91 Å². The van der Waals surface area contributed by atoms with Gasteiger partial charge in [0, 0.05) is 30.2 Å². The molecule has 1 aromatic carbocycles. The van der Waals surface area contributed by atoms with Crippen LogP contribution in [0, 0.1) is 11.3 Å². The number of nitrogens with one attached hydrogen (secondary N) is 2. The van der Waals surface area contributed by atoms with Crippen LogP contribution in [0.2, 0.25) is 0 Å². The standard InChI is InChI=1S/C24H18N6O2.C2H6/c25-12-15-3-5-16(6-4-15)19-8-9-20(28-24(19)32-18-13-26-14-18)23(31)30-21-10-7-17-2-1-11-27-22(17)29-21;1-2/h1-11,18,26H,13-14H2,(H,27,29,30,31);1-2H3. The number of hydrogen-bond donors (Lipinski definition) is 2. The minimum Gasteiger partial charge on any atom is -0.471 e. The molecular formula is C26H24N6O2. The third kappa shape index (κ3) is 5.00. The lowest BCUT2D eigenvalue weighted by molar-refractivity contribution is 0.101. The third-order valence-electron chi connectivity index (χ3n) is 5.15. The summed E-state index contributed by atoms with van der Waals surface area (Å²) in [6.45, 7) is 5.44. The Morgan fingerprint density at radius 1 is 1.06 bits per heavy atom. The molecule has 8 nitrogen and oxygen atoms in total. The zero-order valence-corrected chi connectivity index (χ0v) is 18.9. The Labute approximate surface area is 197 Å². The number of nitriles is 1. The zero-order chi connectivity index (χ0) is 23.9. The molecule has 1 amide bonds. The van der Waals surface area contributed by atoms with Gasteiger partial charge in [0.05, 0.1) is 11.6 Å². The normalized spacial score (nSPS) is 12.6. The van der Waals surface area contributed by atoms with Gasteiger partial charge in [0.1, 0.15) is 17.6 Å². The summed E-state index contributed by atoms with van der Waals surface area (Å²) in [5.74, 6) is 0.377. The highest BCUT2D eigenvalue weighted by Crippen LogP contribution is 2.30. The fraction of sp³-hybridized carbons (Fsp3) is 0.192. The first kappa shape index (κ1) is 22.8. The van der Waals surface area contributed by atoms with Crippen molar-refractivity contribution in [3.05, 3.63) is 78.1 Å². The molecule has 0 spiro atoms. The Morgan fingerprint density at radius 3 is 2.56 bits per heavy atom. The number of pyridine rings is 3. The van der Waals surface area contributed by atoms with E-state index < -0.39 is 5.91 Å². The maximum absolute atomic E-state index is 12.9. The summed E-state index contributed by atoms with van der Waals surface area (Å²) in [7, 11) is 0. The van der Waals surface area contributed by atoms with Gasteiger partial charge in [-0.2, -0.15) is 5.26 Å². The first-order valence-corrected chi connectivity index (χ1v) is 11.1. The predicted octanol–water partition coefficient (Wildman–Crippen LogP) is 4.19. The van der Waals surface area contributed by atoms with Crippen molar-refractivity contribution >= 4 is 22.8 Å². The highest BCUT2D eigenvalue weighted by atomic mass is 16.5. The summed E-state index contributed by atoms with van der Waals surface area (Å²) < 4.78 is 6.05. The van der Waals surface area contributed by atoms with Crippen LogP contribution in [0.1, 0.15) is 29.9 Å². The maximum Gasteiger partial charge on any atom is 0.275 e. The number of nitrogens with zero attached hydrogens (tertiary/aromatic N) is 4. The van der Waals surface area contributed by atoms with Crippen molar-refractivity contribution in [2.75, 3.05) is 18.4 Å². The maximum atomic E-state index is 12.9. The van der Waals surface area contributed by atoms with Crippen molar-refractivity contribution in [3.63, 3.8) is 0 Å². The molecule has 4 heterocycles. The predicted molar refractivity (Wildman–Crippen MR) is 131 cm³/mol. The van der Waals surface area contributed by atoms with E-state index >= 15 is 0 Å². The van der Waals surface area contributed by atoms with Gasteiger partial charge in [-0.1, -0.05) is 26.0 Å². The summed E-state index contributed by atoms with van der Waals surface area (Å²) in [6, 6.07) is 20.0. The van der Waals surface area contributed by atoms with E-state index in [4.69, 9.17) is 10.00 Å². The van der Waals surface area contributed by atoms with E-state index in [1.165, 1.54) is 0 Å². The molecule has 1 saturated heterocycles. The summed E-state index contributed by atoms with van der Waals surface area (Å²) in [5, 5.41) is 15.9. The molecule has 0 unspecified atom stereocenters. The number of carbonyl (C=O) groups is 1. The average molecular weight is 453 g/mol. The van der Waals surface area contributed by atoms with E-state index in [1.54, 1.807) is 36.5 Å². The second kappa shape index (κ2) is 10.5. The molecule has 0 radical (unpaired) electrons. The van der Waals surface area contributed by atoms with Crippen molar-refractivity contribution in [2.24, 2.45) is 0 Å². The molecule has 5 rings (SSSR count). The largest absolute Gasteiger partial charge is 0.471 e. The molecule has 4 aromatic rings. The summed E-state index contributed by atoms with van der Waals surface area (Å²) in [4.78, 5) is 26.0. The molecule has 0 bridgehead atoms. The van der Waals surface area contributed by atoms with E-state index in [1.807, 2.05) is 44.2 Å². The van der Waals surface area contributed by atoms with Gasteiger partial charge in [0.2, 0.25) is 5.88 Å². The monoisotopic (exact) mass is 452 g/mol. The van der Waals surface area contributed by atoms with Crippen molar-refractivity contribution in [1.82, 2.24) is 20.3 Å². The van der Waals surface area contributed by atoms with Crippen molar-refractivity contribution < 1.29 is 9.53 Å². The number of hydrogen-bond acceptors (Lipinski definition) is 7. The minimum absolute atomic E-state index is 0.00817. The first-order chi connectivity index (χ1) is 16.7. The highest BCUT2D eigenvalue weighted by Gasteiger charge is 2.22. The fourth-order valence-electron chi connectivity index (χ4n) is 3.31. The van der Waals surface area contributed by atoms with Crippen LogP contribution in [0.5, 0.6) is 5.88 Å². The second-order valence-corrected chi connectivity index (χ2v) is 7.34. The molecule has 0 atom stereocenters. The topological polar surface area (TPSA) is 113 Å². The number of amides is 1. The lowest BCUT2D eigenvalue weighted by Gasteiger charge is -2.28. The smallest absolute Gasteiger partial charge is 0.275 e. The summed E-state index contributed by atoms with van der Waals surface area (Å²) >= 11 is 0. The van der Waals surface area contributed by atoms with Gasteiger partial charge in [-0.25, -0.2) is 15.0 Å². The van der Waals surface area contributed by atoms with Crippen molar-refractivity contribution in [2.45, 2.75) is 20.0 Å². The molecule has 2 N–H and O–H groups in total. The lowest BCUT2D eigenvalue weighted by Crippen LogP contribution is -2.50. The second-order valence-electron chi connectivity index (χ2n) is 7.34. The molecule has 0 aliphatic carbocycles. The van der Waals surface area contributed by atoms with Gasteiger partial charge in [-0.05, 0) is 54.1 Å². The van der Waals surface area contributed by atoms with Crippen LogP contribution in [-0.2, 0) is 0 Å². The molecule has 8 heteroatoms. The van der Waals surface area contributed by atoms with E-state index in [0.29, 0.717) is 22.9 Å². The number of carbonyl (C=O) groups excluding carboxylic acids is 1. The van der Waals surface area contributed by atoms with Gasteiger partial charge in [-0.3, -0.25) is 4.79 Å². The van der Waals surface area contributed by atoms with Crippen LogP contribution in [0.4, 0.5) is 5.82 Å². The first-order valence-electron chi connectivity index (χ1n) is 11.1. The number of rotatable bonds is 5. The van der Waals surface area contributed by atoms with Crippen LogP contribution < -0.4 is 15.4 Å². The van der Waals surface area contributed by atoms with Crippen LogP contribution in [-0.4, -0.2) is 40.1 Å². The van der Waals surface area contributed by atoms with E-state index in [2.05, 4.69) is 31.7 Å². The fourth-order valence-corrected chi connectivity index (χ4v) is 3.31. The molecule has 34 heavy (non-hydrogen) atoms. The SMILES string of the molecule is CC.N#Cc1ccc(-c2ccc(C(=O)Nc3ccc4cccnc4n3)nc2OC2CNC2)cc1. The number of fused-ring (bicyclic) bond motifs is 1. The van der Waals surface area contributed by atoms with E-state index in [0.717, 1.165) is 29.6 Å². The van der Waals surface area contributed by atoms with Gasteiger partial charge >= 0.3 is 0 Å². The van der Waals surface area contributed by atoms with Crippen LogP contribution in [0.3, 0.4) is 0 Å². The van der Waals surface area contributed by atoms with E-state index in [9.17, 15) is 4.79 Å². The average Bonchev–Trinajstić information content (AvgIpc) is 2.87. The number of anilines is 1. The van der Waals surface area contributed by atoms with Crippen molar-refractivity contribution in [1.29, 1.82) is 5.26 Å². The molecule has 3 aromatic heterocycles. The third-order valence-corrected chi connectivity index (χ3v) is 5.15. The number of benzene rings is 1. The summed E-state index contributed by atoms with van der Waals surface area (Å²) in [5.41, 5.74) is 2.95. The number of aromatic nitrogens is 3. The summed E-state index contributed by atoms with van der Waals surface area (Å²) in [6.07, 6.45) is 1.65. The molecule has 1 aliphatic rings. The Morgan fingerprint density at radius 2 is 1.85 bits per heavy atom. The molecular weight excluding hydrogens is 428 g/mol.